The summed E-state index contributed by atoms with van der Waals surface area (Å²) in [6.07, 6.45) is -1.97. The Balaban J connectivity index is 3.04. The minimum absolute atomic E-state index is 0.0620. The van der Waals surface area contributed by atoms with Gasteiger partial charge in [0.05, 0.1) is 10.5 Å². The van der Waals surface area contributed by atoms with Crippen molar-refractivity contribution in [2.75, 3.05) is 0 Å². The molecule has 1 aromatic rings. The molecule has 0 saturated heterocycles. The minimum atomic E-state index is -2.33. The molecule has 1 atom stereocenters. The fourth-order valence-corrected chi connectivity index (χ4v) is 1.50. The van der Waals surface area contributed by atoms with Crippen molar-refractivity contribution >= 4 is 17.3 Å². The molecule has 0 aliphatic carbocycles. The summed E-state index contributed by atoms with van der Waals surface area (Å²) in [5.41, 5.74) is -0.867. The molecular weight excluding hydrogens is 241 g/mol. The molecule has 5 nitrogen and oxygen atoms in total. The summed E-state index contributed by atoms with van der Waals surface area (Å²) in [6, 6.07) is 5.00. The van der Waals surface area contributed by atoms with Gasteiger partial charge in [0.15, 0.2) is 5.78 Å². The molecule has 18 heavy (non-hydrogen) atoms. The van der Waals surface area contributed by atoms with E-state index in [1.807, 2.05) is 0 Å². The van der Waals surface area contributed by atoms with Crippen LogP contribution in [0.2, 0.25) is 0 Å². The second-order valence-corrected chi connectivity index (χ2v) is 3.72. The number of ketones is 2. The van der Waals surface area contributed by atoms with Gasteiger partial charge in [-0.3, -0.25) is 19.7 Å². The van der Waals surface area contributed by atoms with Gasteiger partial charge in [-0.25, -0.2) is 4.39 Å². The van der Waals surface area contributed by atoms with Crippen LogP contribution in [-0.4, -0.2) is 22.7 Å². The first-order valence-electron chi connectivity index (χ1n) is 5.43. The number of nitrogens with zero attached hydrogens (tertiary/aromatic N) is 1. The van der Waals surface area contributed by atoms with Crippen LogP contribution in [0.5, 0.6) is 0 Å². The number of para-hydroxylation sites is 1. The molecule has 0 aliphatic heterocycles. The Morgan fingerprint density at radius 1 is 1.39 bits per heavy atom. The molecule has 0 aliphatic rings. The molecule has 0 radical (unpaired) electrons. The highest BCUT2D eigenvalue weighted by Gasteiger charge is 2.30. The van der Waals surface area contributed by atoms with Crippen LogP contribution in [0.15, 0.2) is 24.3 Å². The summed E-state index contributed by atoms with van der Waals surface area (Å²) in [5, 5.41) is 10.7. The SMILES string of the molecule is CCCC(=O)C(F)C(=O)c1ccccc1[N+](=O)[O-]. The van der Waals surface area contributed by atoms with Crippen molar-refractivity contribution in [2.24, 2.45) is 0 Å². The highest BCUT2D eigenvalue weighted by atomic mass is 19.1. The number of hydrogen-bond donors (Lipinski definition) is 0. The molecule has 0 bridgehead atoms. The Bertz CT molecular complexity index is 487. The molecule has 0 heterocycles. The fraction of sp³-hybridized carbons (Fsp3) is 0.333. The average molecular weight is 253 g/mol. The Morgan fingerprint density at radius 3 is 2.56 bits per heavy atom. The predicted molar refractivity (Wildman–Crippen MR) is 62.2 cm³/mol. The number of Topliss-reactive ketones (excluding diaryl/α,β-unsaturated/α-hetero) is 2. The third-order valence-electron chi connectivity index (χ3n) is 2.38. The zero-order valence-corrected chi connectivity index (χ0v) is 9.76. The van der Waals surface area contributed by atoms with Crippen molar-refractivity contribution in [2.45, 2.75) is 25.9 Å². The normalized spacial score (nSPS) is 11.9. The fourth-order valence-electron chi connectivity index (χ4n) is 1.50. The van der Waals surface area contributed by atoms with Gasteiger partial charge in [0, 0.05) is 12.5 Å². The van der Waals surface area contributed by atoms with E-state index in [1.54, 1.807) is 6.92 Å². The summed E-state index contributed by atoms with van der Waals surface area (Å²) in [6.45, 7) is 1.68. The Morgan fingerprint density at radius 2 is 2.00 bits per heavy atom. The number of carbonyl (C=O) groups is 2. The van der Waals surface area contributed by atoms with Gasteiger partial charge in [-0.05, 0) is 12.5 Å². The molecule has 0 fully saturated rings. The Labute approximate surface area is 103 Å². The first-order valence-corrected chi connectivity index (χ1v) is 5.43. The number of carbonyl (C=O) groups excluding carboxylic acids is 2. The third-order valence-corrected chi connectivity index (χ3v) is 2.38. The van der Waals surface area contributed by atoms with E-state index in [1.165, 1.54) is 12.1 Å². The molecule has 6 heteroatoms. The lowest BCUT2D eigenvalue weighted by Crippen LogP contribution is -2.26. The van der Waals surface area contributed by atoms with E-state index in [2.05, 4.69) is 0 Å². The van der Waals surface area contributed by atoms with Crippen LogP contribution in [0.4, 0.5) is 10.1 Å². The maximum Gasteiger partial charge on any atom is 0.280 e. The van der Waals surface area contributed by atoms with Crippen molar-refractivity contribution in [3.05, 3.63) is 39.9 Å². The van der Waals surface area contributed by atoms with Crippen LogP contribution in [0.25, 0.3) is 0 Å². The molecular formula is C12H12FNO4. The van der Waals surface area contributed by atoms with Crippen molar-refractivity contribution in [3.8, 4) is 0 Å². The summed E-state index contributed by atoms with van der Waals surface area (Å²) >= 11 is 0. The molecule has 1 unspecified atom stereocenters. The predicted octanol–water partition coefficient (Wildman–Crippen LogP) is 2.48. The second kappa shape index (κ2) is 6.00. The van der Waals surface area contributed by atoms with Gasteiger partial charge in [-0.2, -0.15) is 0 Å². The smallest absolute Gasteiger partial charge is 0.280 e. The average Bonchev–Trinajstić information content (AvgIpc) is 2.37. The second-order valence-electron chi connectivity index (χ2n) is 3.72. The van der Waals surface area contributed by atoms with Crippen LogP contribution in [0.1, 0.15) is 30.1 Å². The highest BCUT2D eigenvalue weighted by molar-refractivity contribution is 6.14. The van der Waals surface area contributed by atoms with Gasteiger partial charge >= 0.3 is 0 Å². The molecule has 0 amide bonds. The first kappa shape index (κ1) is 14.0. The van der Waals surface area contributed by atoms with Crippen molar-refractivity contribution in [1.82, 2.24) is 0 Å². The van der Waals surface area contributed by atoms with Gasteiger partial charge in [0.25, 0.3) is 5.69 Å². The number of alkyl halides is 1. The minimum Gasteiger partial charge on any atom is -0.296 e. The lowest BCUT2D eigenvalue weighted by Gasteiger charge is -2.06. The van der Waals surface area contributed by atoms with Crippen LogP contribution in [0, 0.1) is 10.1 Å². The van der Waals surface area contributed by atoms with Gasteiger partial charge in [-0.15, -0.1) is 0 Å². The lowest BCUT2D eigenvalue weighted by atomic mass is 10.0. The molecule has 1 rings (SSSR count). The van der Waals surface area contributed by atoms with Crippen molar-refractivity contribution in [1.29, 1.82) is 0 Å². The van der Waals surface area contributed by atoms with Crippen LogP contribution in [-0.2, 0) is 4.79 Å². The molecule has 1 aromatic carbocycles. The molecule has 0 aromatic heterocycles. The quantitative estimate of drug-likeness (QED) is 0.337. The van der Waals surface area contributed by atoms with Gasteiger partial charge in [0.1, 0.15) is 0 Å². The number of benzene rings is 1. The van der Waals surface area contributed by atoms with Crippen molar-refractivity contribution < 1.29 is 18.9 Å². The standard InChI is InChI=1S/C12H12FNO4/c1-2-5-10(15)11(13)12(16)8-6-3-4-7-9(8)14(17)18/h3-4,6-7,11H,2,5H2,1H3. The molecule has 0 N–H and O–H groups in total. The highest BCUT2D eigenvalue weighted by Crippen LogP contribution is 2.21. The van der Waals surface area contributed by atoms with E-state index in [0.717, 1.165) is 12.1 Å². The zero-order chi connectivity index (χ0) is 13.7. The maximum atomic E-state index is 13.6. The van der Waals surface area contributed by atoms with Crippen LogP contribution < -0.4 is 0 Å². The topological polar surface area (TPSA) is 77.3 Å². The molecule has 0 saturated carbocycles. The Hall–Kier alpha value is -2.11. The number of halogens is 1. The Kier molecular flexibility index (Phi) is 4.65. The van der Waals surface area contributed by atoms with Crippen LogP contribution in [0.3, 0.4) is 0 Å². The summed E-state index contributed by atoms with van der Waals surface area (Å²) in [7, 11) is 0. The first-order chi connectivity index (χ1) is 8.49. The van der Waals surface area contributed by atoms with E-state index < -0.39 is 28.3 Å². The van der Waals surface area contributed by atoms with Gasteiger partial charge in [0.2, 0.25) is 12.0 Å². The zero-order valence-electron chi connectivity index (χ0n) is 9.76. The third kappa shape index (κ3) is 2.97. The van der Waals surface area contributed by atoms with Crippen molar-refractivity contribution in [3.63, 3.8) is 0 Å². The summed E-state index contributed by atoms with van der Waals surface area (Å²) in [4.78, 5) is 32.9. The molecule has 96 valence electrons. The van der Waals surface area contributed by atoms with E-state index >= 15 is 0 Å². The monoisotopic (exact) mass is 253 g/mol. The number of nitro groups is 1. The number of nitro benzene ring substituents is 1. The largest absolute Gasteiger partial charge is 0.296 e. The summed E-state index contributed by atoms with van der Waals surface area (Å²) < 4.78 is 13.6. The van der Waals surface area contributed by atoms with E-state index in [9.17, 15) is 24.1 Å². The van der Waals surface area contributed by atoms with E-state index in [-0.39, 0.29) is 12.0 Å². The van der Waals surface area contributed by atoms with E-state index in [4.69, 9.17) is 0 Å². The van der Waals surface area contributed by atoms with Gasteiger partial charge in [-0.1, -0.05) is 19.1 Å². The van der Waals surface area contributed by atoms with Crippen LogP contribution >= 0.6 is 0 Å². The maximum absolute atomic E-state index is 13.6. The van der Waals surface area contributed by atoms with E-state index in [0.29, 0.717) is 6.42 Å². The number of rotatable bonds is 6. The summed E-state index contributed by atoms with van der Waals surface area (Å²) in [5.74, 6) is -2.00. The molecule has 0 spiro atoms. The van der Waals surface area contributed by atoms with Gasteiger partial charge < -0.3 is 0 Å². The number of hydrogen-bond acceptors (Lipinski definition) is 4. The lowest BCUT2D eigenvalue weighted by molar-refractivity contribution is -0.385.